The molecule has 0 unspecified atom stereocenters. The van der Waals surface area contributed by atoms with Crippen LogP contribution in [-0.4, -0.2) is 18.2 Å². The largest absolute Gasteiger partial charge is 0.420 e. The van der Waals surface area contributed by atoms with E-state index in [1.54, 1.807) is 6.07 Å². The number of carbonyl (C=O) groups is 2. The minimum Gasteiger partial charge on any atom is -0.299 e. The molecule has 1 rings (SSSR count). The van der Waals surface area contributed by atoms with E-state index in [0.717, 1.165) is 0 Å². The molecule has 0 radical (unpaired) electrons. The second kappa shape index (κ2) is 4.74. The number of halogens is 3. The predicted molar refractivity (Wildman–Crippen MR) is 51.0 cm³/mol. The van der Waals surface area contributed by atoms with Crippen LogP contribution >= 0.6 is 0 Å². The Morgan fingerprint density at radius 2 is 1.69 bits per heavy atom. The second-order valence-electron chi connectivity index (χ2n) is 2.91. The van der Waals surface area contributed by atoms with E-state index in [9.17, 15) is 22.8 Å². The molecule has 1 aromatic rings. The summed E-state index contributed by atoms with van der Waals surface area (Å²) in [6, 6.07) is 6.98. The highest BCUT2D eigenvalue weighted by molar-refractivity contribution is 6.11. The molecule has 1 aromatic carbocycles. The third-order valence-electron chi connectivity index (χ3n) is 1.82. The maximum Gasteiger partial charge on any atom is 0.420 e. The Morgan fingerprint density at radius 3 is 2.12 bits per heavy atom. The predicted octanol–water partition coefficient (Wildman–Crippen LogP) is 2.56. The fourth-order valence-electron chi connectivity index (χ4n) is 1.11. The molecule has 0 aliphatic carbocycles. The Balaban J connectivity index is 3.13. The van der Waals surface area contributed by atoms with Gasteiger partial charge in [-0.15, -0.1) is 0 Å². The van der Waals surface area contributed by atoms with E-state index in [1.165, 1.54) is 24.3 Å². The van der Waals surface area contributed by atoms with Crippen LogP contribution in [0.5, 0.6) is 0 Å². The molecular weight excluding hydrogens is 221 g/mol. The molecule has 5 heteroatoms. The quantitative estimate of drug-likeness (QED) is 0.452. The van der Waals surface area contributed by atoms with Crippen LogP contribution in [0, 0.1) is 0 Å². The number of rotatable bonds is 3. The first-order valence-corrected chi connectivity index (χ1v) is 4.29. The first-order chi connectivity index (χ1) is 7.46. The summed E-state index contributed by atoms with van der Waals surface area (Å²) in [7, 11) is 0. The summed E-state index contributed by atoms with van der Waals surface area (Å²) >= 11 is 0. The van der Waals surface area contributed by atoms with Gasteiger partial charge < -0.3 is 0 Å². The summed E-state index contributed by atoms with van der Waals surface area (Å²) < 4.78 is 37.2. The smallest absolute Gasteiger partial charge is 0.299 e. The molecule has 84 valence electrons. The molecule has 0 bridgehead atoms. The number of aldehydes is 1. The monoisotopic (exact) mass is 228 g/mol. The lowest BCUT2D eigenvalue weighted by atomic mass is 10.0. The third-order valence-corrected chi connectivity index (χ3v) is 1.82. The fourth-order valence-corrected chi connectivity index (χ4v) is 1.11. The molecule has 0 fully saturated rings. The van der Waals surface area contributed by atoms with Gasteiger partial charge in [0.15, 0.2) is 5.78 Å². The van der Waals surface area contributed by atoms with E-state index in [4.69, 9.17) is 0 Å². The van der Waals surface area contributed by atoms with Crippen molar-refractivity contribution in [2.45, 2.75) is 6.18 Å². The average Bonchev–Trinajstić information content (AvgIpc) is 2.25. The highest BCUT2D eigenvalue weighted by atomic mass is 19.4. The van der Waals surface area contributed by atoms with Crippen molar-refractivity contribution in [1.29, 1.82) is 0 Å². The first-order valence-electron chi connectivity index (χ1n) is 4.29. The van der Waals surface area contributed by atoms with E-state index < -0.39 is 17.5 Å². The van der Waals surface area contributed by atoms with Crippen molar-refractivity contribution in [3.05, 3.63) is 47.5 Å². The summed E-state index contributed by atoms with van der Waals surface area (Å²) in [5.41, 5.74) is -1.57. The topological polar surface area (TPSA) is 34.1 Å². The Labute approximate surface area is 89.4 Å². The number of alkyl halides is 3. The Kier molecular flexibility index (Phi) is 3.60. The zero-order valence-corrected chi connectivity index (χ0v) is 7.99. The van der Waals surface area contributed by atoms with Crippen molar-refractivity contribution in [2.24, 2.45) is 0 Å². The zero-order valence-electron chi connectivity index (χ0n) is 7.99. The molecule has 0 aromatic heterocycles. The van der Waals surface area contributed by atoms with Gasteiger partial charge in [-0.25, -0.2) is 0 Å². The zero-order chi connectivity index (χ0) is 12.2. The fraction of sp³-hybridized carbons (Fsp3) is 0.0909. The van der Waals surface area contributed by atoms with Gasteiger partial charge in [0.25, 0.3) is 0 Å². The van der Waals surface area contributed by atoms with Crippen LogP contribution in [0.3, 0.4) is 0 Å². The van der Waals surface area contributed by atoms with E-state index in [1.807, 2.05) is 0 Å². The first kappa shape index (κ1) is 12.2. The minimum atomic E-state index is -4.83. The number of hydrogen-bond acceptors (Lipinski definition) is 2. The summed E-state index contributed by atoms with van der Waals surface area (Å²) in [4.78, 5) is 21.5. The molecule has 0 saturated carbocycles. The number of carbonyl (C=O) groups excluding carboxylic acids is 2. The molecule has 0 N–H and O–H groups in total. The van der Waals surface area contributed by atoms with E-state index in [0.29, 0.717) is 0 Å². The third kappa shape index (κ3) is 2.79. The van der Waals surface area contributed by atoms with Gasteiger partial charge in [0.2, 0.25) is 0 Å². The lowest BCUT2D eigenvalue weighted by Crippen LogP contribution is -2.20. The molecular formula is C11H7F3O2. The standard InChI is InChI=1S/C11H7F3O2/c12-11(13,14)9(6-7-15)10(16)8-4-2-1-3-5-8/h1-7H. The highest BCUT2D eigenvalue weighted by Crippen LogP contribution is 2.28. The van der Waals surface area contributed by atoms with Gasteiger partial charge in [0.05, 0.1) is 0 Å². The van der Waals surface area contributed by atoms with Gasteiger partial charge in [-0.05, 0) is 6.08 Å². The highest BCUT2D eigenvalue weighted by Gasteiger charge is 2.38. The van der Waals surface area contributed by atoms with Crippen LogP contribution in [0.4, 0.5) is 13.2 Å². The van der Waals surface area contributed by atoms with Gasteiger partial charge in [-0.3, -0.25) is 9.59 Å². The van der Waals surface area contributed by atoms with Crippen molar-refractivity contribution in [3.63, 3.8) is 0 Å². The minimum absolute atomic E-state index is 0.0519. The summed E-state index contributed by atoms with van der Waals surface area (Å²) in [5, 5.41) is 0. The molecule has 0 atom stereocenters. The number of hydrogen-bond donors (Lipinski definition) is 0. The summed E-state index contributed by atoms with van der Waals surface area (Å²) in [6.07, 6.45) is -4.65. The van der Waals surface area contributed by atoms with Crippen molar-refractivity contribution < 1.29 is 22.8 Å². The van der Waals surface area contributed by atoms with Crippen LogP contribution in [0.1, 0.15) is 10.4 Å². The van der Waals surface area contributed by atoms with Crippen LogP contribution in [0.2, 0.25) is 0 Å². The Hall–Kier alpha value is -1.91. The molecule has 0 spiro atoms. The SMILES string of the molecule is O=CC=C(C(=O)c1ccccc1)C(F)(F)F. The number of Topliss-reactive ketones (excluding diaryl/α,β-unsaturated/α-hetero) is 1. The molecule has 0 aliphatic rings. The maximum atomic E-state index is 12.4. The molecule has 2 nitrogen and oxygen atoms in total. The molecule has 0 aliphatic heterocycles. The maximum absolute atomic E-state index is 12.4. The normalized spacial score (nSPS) is 12.3. The van der Waals surface area contributed by atoms with Crippen molar-refractivity contribution in [3.8, 4) is 0 Å². The van der Waals surface area contributed by atoms with Gasteiger partial charge in [-0.1, -0.05) is 30.3 Å². The molecule has 0 amide bonds. The van der Waals surface area contributed by atoms with Crippen LogP contribution in [-0.2, 0) is 4.79 Å². The summed E-state index contributed by atoms with van der Waals surface area (Å²) in [6.45, 7) is 0. The van der Waals surface area contributed by atoms with Gasteiger partial charge in [0, 0.05) is 5.56 Å². The van der Waals surface area contributed by atoms with Crippen LogP contribution < -0.4 is 0 Å². The van der Waals surface area contributed by atoms with E-state index in [-0.39, 0.29) is 17.9 Å². The van der Waals surface area contributed by atoms with Crippen molar-refractivity contribution in [2.75, 3.05) is 0 Å². The lowest BCUT2D eigenvalue weighted by molar-refractivity contribution is -0.106. The Bertz CT molecular complexity index is 419. The van der Waals surface area contributed by atoms with Gasteiger partial charge >= 0.3 is 6.18 Å². The number of ketones is 1. The molecule has 0 heterocycles. The summed E-state index contributed by atoms with van der Waals surface area (Å²) in [5.74, 6) is -1.21. The van der Waals surface area contributed by atoms with Crippen LogP contribution in [0.25, 0.3) is 0 Å². The lowest BCUT2D eigenvalue weighted by Gasteiger charge is -2.09. The van der Waals surface area contributed by atoms with E-state index >= 15 is 0 Å². The molecule has 16 heavy (non-hydrogen) atoms. The van der Waals surface area contributed by atoms with Gasteiger partial charge in [-0.2, -0.15) is 13.2 Å². The number of allylic oxidation sites excluding steroid dienone is 2. The average molecular weight is 228 g/mol. The number of benzene rings is 1. The van der Waals surface area contributed by atoms with Crippen molar-refractivity contribution >= 4 is 12.1 Å². The van der Waals surface area contributed by atoms with Gasteiger partial charge in [0.1, 0.15) is 11.9 Å². The second-order valence-corrected chi connectivity index (χ2v) is 2.91. The van der Waals surface area contributed by atoms with Crippen LogP contribution in [0.15, 0.2) is 42.0 Å². The Morgan fingerprint density at radius 1 is 1.12 bits per heavy atom. The van der Waals surface area contributed by atoms with Crippen molar-refractivity contribution in [1.82, 2.24) is 0 Å². The molecule has 0 saturated heterocycles. The van der Waals surface area contributed by atoms with E-state index in [2.05, 4.69) is 0 Å².